The first-order chi connectivity index (χ1) is 14.7. The molecule has 154 valence electrons. The zero-order chi connectivity index (χ0) is 20.8. The van der Waals surface area contributed by atoms with Crippen molar-refractivity contribution in [2.24, 2.45) is 5.92 Å². The molecule has 1 N–H and O–H groups in total. The van der Waals surface area contributed by atoms with Crippen molar-refractivity contribution in [1.82, 2.24) is 15.2 Å². The lowest BCUT2D eigenvalue weighted by atomic mass is 9.94. The molecule has 5 heteroatoms. The summed E-state index contributed by atoms with van der Waals surface area (Å²) in [5.74, 6) is 0.197. The largest absolute Gasteiger partial charge is 0.352 e. The molecule has 0 bridgehead atoms. The summed E-state index contributed by atoms with van der Waals surface area (Å²) < 4.78 is 0. The van der Waals surface area contributed by atoms with Crippen LogP contribution in [0.1, 0.15) is 24.0 Å². The lowest BCUT2D eigenvalue weighted by Gasteiger charge is -2.31. The van der Waals surface area contributed by atoms with Gasteiger partial charge in [-0.05, 0) is 54.8 Å². The Morgan fingerprint density at radius 2 is 1.73 bits per heavy atom. The normalized spacial score (nSPS) is 15.1. The number of hydrogen-bond donors (Lipinski definition) is 1. The van der Waals surface area contributed by atoms with E-state index < -0.39 is 0 Å². The van der Waals surface area contributed by atoms with Gasteiger partial charge < -0.3 is 5.32 Å². The Labute approximate surface area is 182 Å². The Bertz CT molecular complexity index is 984. The molecule has 30 heavy (non-hydrogen) atoms. The van der Waals surface area contributed by atoms with E-state index in [2.05, 4.69) is 45.5 Å². The van der Waals surface area contributed by atoms with Gasteiger partial charge in [-0.3, -0.25) is 14.7 Å². The quantitative estimate of drug-likeness (QED) is 0.616. The third kappa shape index (κ3) is 5.07. The van der Waals surface area contributed by atoms with Crippen LogP contribution < -0.4 is 5.32 Å². The number of piperidine rings is 1. The zero-order valence-corrected chi connectivity index (χ0v) is 17.7. The monoisotopic (exact) mass is 419 g/mol. The first kappa shape index (κ1) is 20.6. The van der Waals surface area contributed by atoms with Gasteiger partial charge in [0.2, 0.25) is 5.91 Å². The Balaban J connectivity index is 1.31. The lowest BCUT2D eigenvalue weighted by molar-refractivity contribution is -0.126. The highest BCUT2D eigenvalue weighted by molar-refractivity contribution is 6.31. The van der Waals surface area contributed by atoms with Gasteiger partial charge in [-0.1, -0.05) is 60.1 Å². The van der Waals surface area contributed by atoms with E-state index in [-0.39, 0.29) is 11.8 Å². The summed E-state index contributed by atoms with van der Waals surface area (Å²) in [6.45, 7) is 3.22. The smallest absolute Gasteiger partial charge is 0.223 e. The molecular formula is C25H26ClN3O. The number of benzene rings is 2. The Kier molecular flexibility index (Phi) is 6.77. The van der Waals surface area contributed by atoms with Gasteiger partial charge in [0.05, 0.1) is 0 Å². The van der Waals surface area contributed by atoms with E-state index >= 15 is 0 Å². The minimum absolute atomic E-state index is 0.0669. The maximum atomic E-state index is 12.6. The standard InChI is InChI=1S/C25H26ClN3O/c26-24-10-4-2-6-21(24)17-28-25(30)19-11-14-29(15-12-19)18-22-7-1-3-9-23(22)20-8-5-13-27-16-20/h1-10,13,16,19H,11-12,14-15,17-18H2,(H,28,30). The van der Waals surface area contributed by atoms with Crippen LogP contribution in [0.5, 0.6) is 0 Å². The molecule has 1 aliphatic heterocycles. The Morgan fingerprint density at radius 3 is 2.47 bits per heavy atom. The maximum absolute atomic E-state index is 12.6. The number of carbonyl (C=O) groups excluding carboxylic acids is 1. The van der Waals surface area contributed by atoms with Crippen molar-refractivity contribution >= 4 is 17.5 Å². The Hall–Kier alpha value is -2.69. The molecule has 0 aliphatic carbocycles. The third-order valence-corrected chi connectivity index (χ3v) is 6.12. The molecule has 0 unspecified atom stereocenters. The molecule has 4 nitrogen and oxygen atoms in total. The fourth-order valence-electron chi connectivity index (χ4n) is 4.02. The summed E-state index contributed by atoms with van der Waals surface area (Å²) in [7, 11) is 0. The number of likely N-dealkylation sites (tertiary alicyclic amines) is 1. The summed E-state index contributed by atoms with van der Waals surface area (Å²) >= 11 is 6.18. The number of carbonyl (C=O) groups is 1. The van der Waals surface area contributed by atoms with Crippen molar-refractivity contribution < 1.29 is 4.79 Å². The van der Waals surface area contributed by atoms with E-state index in [1.807, 2.05) is 36.5 Å². The van der Waals surface area contributed by atoms with Crippen molar-refractivity contribution in [3.8, 4) is 11.1 Å². The van der Waals surface area contributed by atoms with Crippen LogP contribution in [0, 0.1) is 5.92 Å². The summed E-state index contributed by atoms with van der Waals surface area (Å²) in [6.07, 6.45) is 5.47. The second-order valence-electron chi connectivity index (χ2n) is 7.76. The summed E-state index contributed by atoms with van der Waals surface area (Å²) in [5, 5.41) is 3.75. The van der Waals surface area contributed by atoms with Gasteiger partial charge in [0, 0.05) is 42.0 Å². The molecule has 0 atom stereocenters. The first-order valence-corrected chi connectivity index (χ1v) is 10.8. The number of nitrogens with one attached hydrogen (secondary N) is 1. The summed E-state index contributed by atoms with van der Waals surface area (Å²) in [6, 6.07) is 20.2. The molecular weight excluding hydrogens is 394 g/mol. The second kappa shape index (κ2) is 9.88. The van der Waals surface area contributed by atoms with Crippen LogP contribution in [0.25, 0.3) is 11.1 Å². The fourth-order valence-corrected chi connectivity index (χ4v) is 4.23. The number of amides is 1. The molecule has 0 saturated carbocycles. The van der Waals surface area contributed by atoms with Gasteiger partial charge in [-0.15, -0.1) is 0 Å². The van der Waals surface area contributed by atoms with Gasteiger partial charge in [0.1, 0.15) is 0 Å². The highest BCUT2D eigenvalue weighted by Crippen LogP contribution is 2.26. The molecule has 1 saturated heterocycles. The number of pyridine rings is 1. The van der Waals surface area contributed by atoms with Crippen molar-refractivity contribution in [2.45, 2.75) is 25.9 Å². The predicted octanol–water partition coefficient (Wildman–Crippen LogP) is 4.93. The SMILES string of the molecule is O=C(NCc1ccccc1Cl)C1CCN(Cc2ccccc2-c2cccnc2)CC1. The van der Waals surface area contributed by atoms with E-state index in [9.17, 15) is 4.79 Å². The third-order valence-electron chi connectivity index (χ3n) is 5.75. The molecule has 1 amide bonds. The molecule has 4 rings (SSSR count). The van der Waals surface area contributed by atoms with E-state index in [4.69, 9.17) is 11.6 Å². The van der Waals surface area contributed by atoms with Crippen molar-refractivity contribution in [1.29, 1.82) is 0 Å². The molecule has 2 aromatic carbocycles. The number of rotatable bonds is 6. The second-order valence-corrected chi connectivity index (χ2v) is 8.17. The van der Waals surface area contributed by atoms with Crippen LogP contribution in [-0.2, 0) is 17.9 Å². The van der Waals surface area contributed by atoms with Gasteiger partial charge >= 0.3 is 0 Å². The summed E-state index contributed by atoms with van der Waals surface area (Å²) in [4.78, 5) is 19.3. The van der Waals surface area contributed by atoms with Crippen LogP contribution >= 0.6 is 11.6 Å². The zero-order valence-electron chi connectivity index (χ0n) is 16.9. The van der Waals surface area contributed by atoms with Gasteiger partial charge in [-0.25, -0.2) is 0 Å². The van der Waals surface area contributed by atoms with Gasteiger partial charge in [-0.2, -0.15) is 0 Å². The van der Waals surface area contributed by atoms with E-state index in [1.165, 1.54) is 11.1 Å². The van der Waals surface area contributed by atoms with Crippen LogP contribution in [0.4, 0.5) is 0 Å². The number of hydrogen-bond acceptors (Lipinski definition) is 3. The van der Waals surface area contributed by atoms with Crippen LogP contribution in [0.3, 0.4) is 0 Å². The lowest BCUT2D eigenvalue weighted by Crippen LogP contribution is -2.40. The maximum Gasteiger partial charge on any atom is 0.223 e. The number of nitrogens with zero attached hydrogens (tertiary/aromatic N) is 2. The Morgan fingerprint density at radius 1 is 1.00 bits per heavy atom. The van der Waals surface area contributed by atoms with Crippen molar-refractivity contribution in [2.75, 3.05) is 13.1 Å². The molecule has 0 spiro atoms. The first-order valence-electron chi connectivity index (χ1n) is 10.4. The van der Waals surface area contributed by atoms with Gasteiger partial charge in [0.25, 0.3) is 0 Å². The van der Waals surface area contributed by atoms with Crippen LogP contribution in [-0.4, -0.2) is 28.9 Å². The molecule has 1 aliphatic rings. The topological polar surface area (TPSA) is 45.2 Å². The fraction of sp³-hybridized carbons (Fsp3) is 0.280. The predicted molar refractivity (Wildman–Crippen MR) is 121 cm³/mol. The summed E-state index contributed by atoms with van der Waals surface area (Å²) in [5.41, 5.74) is 4.62. The van der Waals surface area contributed by atoms with Gasteiger partial charge in [0.15, 0.2) is 0 Å². The molecule has 0 radical (unpaired) electrons. The highest BCUT2D eigenvalue weighted by Gasteiger charge is 2.25. The van der Waals surface area contributed by atoms with E-state index in [0.717, 1.165) is 43.6 Å². The van der Waals surface area contributed by atoms with E-state index in [0.29, 0.717) is 11.6 Å². The molecule has 2 heterocycles. The van der Waals surface area contributed by atoms with Crippen molar-refractivity contribution in [3.63, 3.8) is 0 Å². The molecule has 1 fully saturated rings. The molecule has 1 aromatic heterocycles. The average Bonchev–Trinajstić information content (AvgIpc) is 2.80. The van der Waals surface area contributed by atoms with Crippen LogP contribution in [0.15, 0.2) is 73.1 Å². The minimum atomic E-state index is 0.0669. The minimum Gasteiger partial charge on any atom is -0.352 e. The van der Waals surface area contributed by atoms with Crippen LogP contribution in [0.2, 0.25) is 5.02 Å². The van der Waals surface area contributed by atoms with Crippen molar-refractivity contribution in [3.05, 3.63) is 89.2 Å². The average molecular weight is 420 g/mol. The number of halogens is 1. The van der Waals surface area contributed by atoms with E-state index in [1.54, 1.807) is 6.20 Å². The highest BCUT2D eigenvalue weighted by atomic mass is 35.5. The number of aromatic nitrogens is 1. The molecule has 3 aromatic rings.